The van der Waals surface area contributed by atoms with Crippen LogP contribution < -0.4 is 0 Å². The fourth-order valence-corrected chi connectivity index (χ4v) is 5.83. The van der Waals surface area contributed by atoms with E-state index in [0.717, 1.165) is 30.1 Å². The Morgan fingerprint density at radius 3 is 1.92 bits per heavy atom. The predicted octanol–water partition coefficient (Wildman–Crippen LogP) is 7.32. The Hall–Kier alpha value is -0.510. The first kappa shape index (κ1) is 20.8. The van der Waals surface area contributed by atoms with Gasteiger partial charge in [0.15, 0.2) is 0 Å². The van der Waals surface area contributed by atoms with Crippen LogP contribution in [0.25, 0.3) is 0 Å². The van der Waals surface area contributed by atoms with Crippen LogP contribution in [0.3, 0.4) is 0 Å². The highest BCUT2D eigenvalue weighted by Crippen LogP contribution is 2.51. The summed E-state index contributed by atoms with van der Waals surface area (Å²) in [6, 6.07) is 2.65. The lowest BCUT2D eigenvalue weighted by molar-refractivity contribution is 0.0335. The molecule has 2 fully saturated rings. The lowest BCUT2D eigenvalue weighted by Crippen LogP contribution is -2.39. The van der Waals surface area contributed by atoms with Gasteiger partial charge in [0.25, 0.3) is 0 Å². The van der Waals surface area contributed by atoms with Crippen LogP contribution in [0.1, 0.15) is 93.9 Å². The van der Waals surface area contributed by atoms with E-state index in [-0.39, 0.29) is 11.3 Å². The van der Waals surface area contributed by atoms with Crippen LogP contribution in [0, 0.1) is 63.6 Å². The molecule has 0 aromatic rings. The molecule has 0 bridgehead atoms. The Balaban J connectivity index is 2.08. The molecule has 0 aliphatic heterocycles. The lowest BCUT2D eigenvalue weighted by atomic mass is 9.58. The Labute approximate surface area is 158 Å². The summed E-state index contributed by atoms with van der Waals surface area (Å²) in [4.78, 5) is 0. The first-order valence-corrected chi connectivity index (χ1v) is 10.8. The highest BCUT2D eigenvalue weighted by atomic mass is 14.5. The summed E-state index contributed by atoms with van der Waals surface area (Å²) in [6.45, 7) is 19.2. The summed E-state index contributed by atoms with van der Waals surface area (Å²) in [5, 5.41) is 9.67. The van der Waals surface area contributed by atoms with Crippen LogP contribution in [-0.2, 0) is 0 Å². The van der Waals surface area contributed by atoms with Gasteiger partial charge in [0.2, 0.25) is 0 Å². The number of nitriles is 1. The smallest absolute Gasteiger partial charge is 0.0659 e. The summed E-state index contributed by atoms with van der Waals surface area (Å²) in [5.74, 6) is 5.02. The maximum Gasteiger partial charge on any atom is 0.0659 e. The van der Waals surface area contributed by atoms with Crippen molar-refractivity contribution in [2.45, 2.75) is 93.9 Å². The van der Waals surface area contributed by atoms with Crippen molar-refractivity contribution in [1.29, 1.82) is 5.26 Å². The zero-order chi connectivity index (χ0) is 19.0. The maximum absolute atomic E-state index is 9.67. The highest BCUT2D eigenvalue weighted by molar-refractivity contribution is 4.99. The Kier molecular flexibility index (Phi) is 6.34. The van der Waals surface area contributed by atoms with E-state index in [1.54, 1.807) is 0 Å². The molecule has 0 radical (unpaired) electrons. The molecular formula is C24H43N. The molecule has 7 unspecified atom stereocenters. The molecule has 0 aromatic heterocycles. The van der Waals surface area contributed by atoms with Gasteiger partial charge in [-0.15, -0.1) is 0 Å². The SMILES string of the molecule is CC1CCC(C(C)(C)C)CC1CC1CC(C(C)(C)C)C(C#N)CC1C. The predicted molar refractivity (Wildman–Crippen MR) is 108 cm³/mol. The van der Waals surface area contributed by atoms with Crippen molar-refractivity contribution in [3.05, 3.63) is 0 Å². The molecule has 1 nitrogen and oxygen atoms in total. The molecule has 2 rings (SSSR count). The van der Waals surface area contributed by atoms with E-state index in [9.17, 15) is 5.26 Å². The number of nitrogens with zero attached hydrogens (tertiary/aromatic N) is 1. The minimum absolute atomic E-state index is 0.255. The quantitative estimate of drug-likeness (QED) is 0.514. The van der Waals surface area contributed by atoms with Crippen molar-refractivity contribution in [3.63, 3.8) is 0 Å². The van der Waals surface area contributed by atoms with E-state index in [1.807, 2.05) is 0 Å². The molecule has 2 aliphatic rings. The second-order valence-corrected chi connectivity index (χ2v) is 11.8. The minimum atomic E-state index is 0.255. The summed E-state index contributed by atoms with van der Waals surface area (Å²) in [7, 11) is 0. The van der Waals surface area contributed by atoms with E-state index in [1.165, 1.54) is 32.1 Å². The minimum Gasteiger partial charge on any atom is -0.198 e. The van der Waals surface area contributed by atoms with Crippen LogP contribution in [0.5, 0.6) is 0 Å². The standard InChI is InChI=1S/C24H43N/c1-16-9-10-21(23(3,4)5)13-18(16)12-19-14-22(24(6,7)8)20(15-25)11-17(19)2/h16-22H,9-14H2,1-8H3. The van der Waals surface area contributed by atoms with E-state index in [2.05, 4.69) is 61.5 Å². The second kappa shape index (κ2) is 7.62. The van der Waals surface area contributed by atoms with Crippen molar-refractivity contribution < 1.29 is 0 Å². The fourth-order valence-electron chi connectivity index (χ4n) is 5.83. The van der Waals surface area contributed by atoms with Crippen molar-refractivity contribution in [1.82, 2.24) is 0 Å². The molecule has 0 spiro atoms. The monoisotopic (exact) mass is 345 g/mol. The first-order valence-electron chi connectivity index (χ1n) is 10.8. The Bertz CT molecular complexity index is 472. The summed E-state index contributed by atoms with van der Waals surface area (Å²) >= 11 is 0. The Morgan fingerprint density at radius 1 is 0.800 bits per heavy atom. The number of rotatable bonds is 2. The second-order valence-electron chi connectivity index (χ2n) is 11.8. The fraction of sp³-hybridized carbons (Fsp3) is 0.958. The van der Waals surface area contributed by atoms with Crippen molar-refractivity contribution in [2.24, 2.45) is 52.3 Å². The van der Waals surface area contributed by atoms with Crippen molar-refractivity contribution >= 4 is 0 Å². The van der Waals surface area contributed by atoms with Gasteiger partial charge in [-0.2, -0.15) is 5.26 Å². The third-order valence-electron chi connectivity index (χ3n) is 7.94. The van der Waals surface area contributed by atoms with Gasteiger partial charge in [0.05, 0.1) is 6.07 Å². The average molecular weight is 346 g/mol. The molecule has 2 saturated carbocycles. The first-order chi connectivity index (χ1) is 11.4. The molecule has 0 N–H and O–H groups in total. The molecule has 0 aromatic carbocycles. The van der Waals surface area contributed by atoms with Crippen LogP contribution in [0.4, 0.5) is 0 Å². The molecule has 25 heavy (non-hydrogen) atoms. The average Bonchev–Trinajstić information content (AvgIpc) is 2.48. The molecule has 0 heterocycles. The van der Waals surface area contributed by atoms with Gasteiger partial charge >= 0.3 is 0 Å². The Morgan fingerprint density at radius 2 is 1.40 bits per heavy atom. The van der Waals surface area contributed by atoms with E-state index < -0.39 is 0 Å². The molecule has 1 heteroatoms. The number of hydrogen-bond acceptors (Lipinski definition) is 1. The number of hydrogen-bond donors (Lipinski definition) is 0. The zero-order valence-corrected chi connectivity index (χ0v) is 18.2. The summed E-state index contributed by atoms with van der Waals surface area (Å²) in [5.41, 5.74) is 0.710. The van der Waals surface area contributed by atoms with Gasteiger partial charge < -0.3 is 0 Å². The van der Waals surface area contributed by atoms with E-state index in [4.69, 9.17) is 0 Å². The lowest BCUT2D eigenvalue weighted by Gasteiger charge is -2.47. The van der Waals surface area contributed by atoms with Crippen LogP contribution in [0.15, 0.2) is 0 Å². The van der Waals surface area contributed by atoms with Gasteiger partial charge in [-0.3, -0.25) is 0 Å². The van der Waals surface area contributed by atoms with Crippen LogP contribution in [0.2, 0.25) is 0 Å². The van der Waals surface area contributed by atoms with Crippen LogP contribution >= 0.6 is 0 Å². The zero-order valence-electron chi connectivity index (χ0n) is 18.2. The molecular weight excluding hydrogens is 302 g/mol. The van der Waals surface area contributed by atoms with E-state index >= 15 is 0 Å². The van der Waals surface area contributed by atoms with Gasteiger partial charge in [-0.25, -0.2) is 0 Å². The normalized spacial score (nSPS) is 40.5. The molecule has 7 atom stereocenters. The van der Waals surface area contributed by atoms with Crippen molar-refractivity contribution in [3.8, 4) is 6.07 Å². The largest absolute Gasteiger partial charge is 0.198 e. The summed E-state index contributed by atoms with van der Waals surface area (Å²) < 4.78 is 0. The molecule has 0 amide bonds. The van der Waals surface area contributed by atoms with Crippen LogP contribution in [-0.4, -0.2) is 0 Å². The third-order valence-corrected chi connectivity index (χ3v) is 7.94. The molecule has 2 aliphatic carbocycles. The highest BCUT2D eigenvalue weighted by Gasteiger charge is 2.43. The third kappa shape index (κ3) is 5.02. The molecule has 144 valence electrons. The van der Waals surface area contributed by atoms with Gasteiger partial charge in [-0.1, -0.05) is 61.8 Å². The van der Waals surface area contributed by atoms with Gasteiger partial charge in [-0.05, 0) is 78.4 Å². The molecule has 0 saturated heterocycles. The van der Waals surface area contributed by atoms with E-state index in [0.29, 0.717) is 17.3 Å². The maximum atomic E-state index is 9.67. The topological polar surface area (TPSA) is 23.8 Å². The summed E-state index contributed by atoms with van der Waals surface area (Å²) in [6.07, 6.45) is 8.05. The van der Waals surface area contributed by atoms with Gasteiger partial charge in [0.1, 0.15) is 0 Å². The van der Waals surface area contributed by atoms with Crippen molar-refractivity contribution in [2.75, 3.05) is 0 Å². The van der Waals surface area contributed by atoms with Gasteiger partial charge in [0, 0.05) is 5.92 Å².